The molecule has 2 N–H and O–H groups in total. The maximum Gasteiger partial charge on any atom is 0.407 e. The Labute approximate surface area is 123 Å². The first-order chi connectivity index (χ1) is 9.95. The minimum atomic E-state index is -4.43. The quantitative estimate of drug-likeness (QED) is 0.760. The molecule has 2 aromatic rings. The van der Waals surface area contributed by atoms with Crippen molar-refractivity contribution < 1.29 is 13.2 Å². The van der Waals surface area contributed by atoms with E-state index in [1.54, 1.807) is 6.07 Å². The number of unbranched alkanes of at least 4 members (excludes halogenated alkanes) is 2. The molecule has 0 bridgehead atoms. The van der Waals surface area contributed by atoms with Gasteiger partial charge >= 0.3 is 6.18 Å². The molecule has 0 aromatic heterocycles. The molecule has 0 aliphatic rings. The van der Waals surface area contributed by atoms with Crippen molar-refractivity contribution in [3.05, 3.63) is 47.5 Å². The lowest BCUT2D eigenvalue weighted by molar-refractivity contribution is -0.148. The number of rotatable bonds is 5. The van der Waals surface area contributed by atoms with Crippen LogP contribution in [0.1, 0.15) is 43.4 Å². The smallest absolute Gasteiger partial charge is 0.316 e. The Bertz CT molecular complexity index is 599. The van der Waals surface area contributed by atoms with Crippen LogP contribution in [0.2, 0.25) is 0 Å². The summed E-state index contributed by atoms with van der Waals surface area (Å²) >= 11 is 0. The summed E-state index contributed by atoms with van der Waals surface area (Å²) in [5, 5.41) is 1.49. The lowest BCUT2D eigenvalue weighted by Gasteiger charge is -2.19. The molecule has 0 heterocycles. The summed E-state index contributed by atoms with van der Waals surface area (Å²) in [7, 11) is 0. The Kier molecular flexibility index (Phi) is 4.88. The number of hydrogen-bond acceptors (Lipinski definition) is 1. The molecule has 0 aliphatic heterocycles. The zero-order valence-electron chi connectivity index (χ0n) is 12.1. The molecule has 0 radical (unpaired) electrons. The molecule has 2 aromatic carbocycles. The highest BCUT2D eigenvalue weighted by Gasteiger charge is 2.38. The highest BCUT2D eigenvalue weighted by Crippen LogP contribution is 2.36. The highest BCUT2D eigenvalue weighted by atomic mass is 19.4. The molecule has 0 amide bonds. The molecule has 1 atom stereocenters. The molecule has 0 saturated carbocycles. The minimum absolute atomic E-state index is 0.173. The van der Waals surface area contributed by atoms with E-state index in [1.165, 1.54) is 6.07 Å². The molecular weight excluding hydrogens is 275 g/mol. The summed E-state index contributed by atoms with van der Waals surface area (Å²) in [4.78, 5) is 0. The van der Waals surface area contributed by atoms with Crippen LogP contribution in [0, 0.1) is 0 Å². The molecule has 0 unspecified atom stereocenters. The molecule has 1 nitrogen and oxygen atoms in total. The average Bonchev–Trinajstić information content (AvgIpc) is 2.45. The van der Waals surface area contributed by atoms with Gasteiger partial charge in [0.1, 0.15) is 6.04 Å². The SMILES string of the molecule is CCCCCc1cccc2cccc([C@H](N)C(F)(F)F)c12. The lowest BCUT2D eigenvalue weighted by atomic mass is 9.92. The van der Waals surface area contributed by atoms with Crippen molar-refractivity contribution in [1.82, 2.24) is 0 Å². The van der Waals surface area contributed by atoms with E-state index in [4.69, 9.17) is 5.73 Å². The van der Waals surface area contributed by atoms with Crippen LogP contribution in [0.25, 0.3) is 10.8 Å². The van der Waals surface area contributed by atoms with E-state index in [-0.39, 0.29) is 5.56 Å². The van der Waals surface area contributed by atoms with Crippen LogP contribution in [-0.4, -0.2) is 6.18 Å². The number of benzene rings is 2. The van der Waals surface area contributed by atoms with E-state index >= 15 is 0 Å². The zero-order chi connectivity index (χ0) is 15.5. The van der Waals surface area contributed by atoms with Crippen LogP contribution in [0.4, 0.5) is 13.2 Å². The van der Waals surface area contributed by atoms with E-state index in [0.29, 0.717) is 5.39 Å². The molecule has 0 saturated heterocycles. The summed E-state index contributed by atoms with van der Waals surface area (Å²) < 4.78 is 38.9. The monoisotopic (exact) mass is 295 g/mol. The van der Waals surface area contributed by atoms with Crippen LogP contribution < -0.4 is 5.73 Å². The van der Waals surface area contributed by atoms with Gasteiger partial charge in [0.05, 0.1) is 0 Å². The van der Waals surface area contributed by atoms with E-state index in [9.17, 15) is 13.2 Å². The van der Waals surface area contributed by atoms with Crippen LogP contribution >= 0.6 is 0 Å². The third kappa shape index (κ3) is 3.56. The van der Waals surface area contributed by atoms with Gasteiger partial charge in [-0.3, -0.25) is 0 Å². The number of nitrogens with two attached hydrogens (primary N) is 1. The Balaban J connectivity index is 2.50. The Morgan fingerprint density at radius 3 is 2.33 bits per heavy atom. The van der Waals surface area contributed by atoms with E-state index in [2.05, 4.69) is 6.92 Å². The number of aryl methyl sites for hydroxylation is 1. The summed E-state index contributed by atoms with van der Waals surface area (Å²) in [5.74, 6) is 0. The van der Waals surface area contributed by atoms with Gasteiger partial charge in [-0.2, -0.15) is 13.2 Å². The zero-order valence-corrected chi connectivity index (χ0v) is 12.1. The predicted octanol–water partition coefficient (Wildman–Crippen LogP) is 5.13. The first-order valence-corrected chi connectivity index (χ1v) is 7.28. The van der Waals surface area contributed by atoms with Crippen LogP contribution in [0.15, 0.2) is 36.4 Å². The third-order valence-electron chi connectivity index (χ3n) is 3.76. The molecular formula is C17H20F3N. The number of halogens is 3. The van der Waals surface area contributed by atoms with Gasteiger partial charge in [0, 0.05) is 0 Å². The normalized spacial score (nSPS) is 13.6. The maximum atomic E-state index is 13.0. The molecule has 0 aliphatic carbocycles. The standard InChI is InChI=1S/C17H20F3N/c1-2-3-4-7-12-8-5-9-13-10-6-11-14(15(12)13)16(21)17(18,19)20/h5-6,8-11,16H,2-4,7,21H2,1H3/t16-/m0/s1. The Hall–Kier alpha value is -1.55. The van der Waals surface area contributed by atoms with E-state index in [1.807, 2.05) is 24.3 Å². The second-order valence-corrected chi connectivity index (χ2v) is 5.34. The summed E-state index contributed by atoms with van der Waals surface area (Å²) in [6.07, 6.45) is -0.508. The van der Waals surface area contributed by atoms with Crippen molar-refractivity contribution in [3.63, 3.8) is 0 Å². The number of hydrogen-bond donors (Lipinski definition) is 1. The van der Waals surface area contributed by atoms with Crippen molar-refractivity contribution >= 4 is 10.8 Å². The van der Waals surface area contributed by atoms with E-state index in [0.717, 1.165) is 36.6 Å². The van der Waals surface area contributed by atoms with Crippen LogP contribution in [0.5, 0.6) is 0 Å². The second kappa shape index (κ2) is 6.48. The molecule has 114 valence electrons. The second-order valence-electron chi connectivity index (χ2n) is 5.34. The highest BCUT2D eigenvalue weighted by molar-refractivity contribution is 5.89. The van der Waals surface area contributed by atoms with Crippen LogP contribution in [-0.2, 0) is 6.42 Å². The fourth-order valence-corrected chi connectivity index (χ4v) is 2.66. The van der Waals surface area contributed by atoms with Crippen LogP contribution in [0.3, 0.4) is 0 Å². The minimum Gasteiger partial charge on any atom is -0.316 e. The van der Waals surface area contributed by atoms with Crippen molar-refractivity contribution in [2.24, 2.45) is 5.73 Å². The number of alkyl halides is 3. The molecule has 21 heavy (non-hydrogen) atoms. The van der Waals surface area contributed by atoms with Gasteiger partial charge < -0.3 is 5.73 Å². The van der Waals surface area contributed by atoms with Gasteiger partial charge in [-0.15, -0.1) is 0 Å². The fraction of sp³-hybridized carbons (Fsp3) is 0.412. The van der Waals surface area contributed by atoms with E-state index < -0.39 is 12.2 Å². The topological polar surface area (TPSA) is 26.0 Å². The van der Waals surface area contributed by atoms with Crippen molar-refractivity contribution in [2.75, 3.05) is 0 Å². The maximum absolute atomic E-state index is 13.0. The van der Waals surface area contributed by atoms with Gasteiger partial charge in [-0.25, -0.2) is 0 Å². The fourth-order valence-electron chi connectivity index (χ4n) is 2.66. The van der Waals surface area contributed by atoms with Crippen molar-refractivity contribution in [1.29, 1.82) is 0 Å². The first kappa shape index (κ1) is 15.8. The summed E-state index contributed by atoms with van der Waals surface area (Å²) in [6.45, 7) is 2.11. The van der Waals surface area contributed by atoms with Crippen molar-refractivity contribution in [3.8, 4) is 0 Å². The molecule has 0 fully saturated rings. The average molecular weight is 295 g/mol. The molecule has 4 heteroatoms. The number of fused-ring (bicyclic) bond motifs is 1. The first-order valence-electron chi connectivity index (χ1n) is 7.28. The van der Waals surface area contributed by atoms with Gasteiger partial charge in [0.15, 0.2) is 0 Å². The van der Waals surface area contributed by atoms with Gasteiger partial charge in [0.25, 0.3) is 0 Å². The van der Waals surface area contributed by atoms with Crippen molar-refractivity contribution in [2.45, 2.75) is 44.8 Å². The Morgan fingerprint density at radius 2 is 1.71 bits per heavy atom. The summed E-state index contributed by atoms with van der Waals surface area (Å²) in [6, 6.07) is 8.67. The largest absolute Gasteiger partial charge is 0.407 e. The Morgan fingerprint density at radius 1 is 1.05 bits per heavy atom. The van der Waals surface area contributed by atoms with Gasteiger partial charge in [-0.1, -0.05) is 56.2 Å². The molecule has 2 rings (SSSR count). The lowest BCUT2D eigenvalue weighted by Crippen LogP contribution is -2.28. The third-order valence-corrected chi connectivity index (χ3v) is 3.76. The van der Waals surface area contributed by atoms with Gasteiger partial charge in [0.2, 0.25) is 0 Å². The van der Waals surface area contributed by atoms with Gasteiger partial charge in [-0.05, 0) is 34.7 Å². The summed E-state index contributed by atoms with van der Waals surface area (Å²) in [5.41, 5.74) is 6.56. The molecule has 0 spiro atoms. The predicted molar refractivity (Wildman–Crippen MR) is 80.2 cm³/mol.